The first kappa shape index (κ1) is 11.2. The minimum Gasteiger partial charge on any atom is -0.388 e. The monoisotopic (exact) mass is 194 g/mol. The SMILES string of the molecule is COCCC(O)c1cccc(C)c1C. The summed E-state index contributed by atoms with van der Waals surface area (Å²) in [6.07, 6.45) is 0.246. The van der Waals surface area contributed by atoms with E-state index in [9.17, 15) is 5.11 Å². The molecule has 78 valence electrons. The van der Waals surface area contributed by atoms with Crippen molar-refractivity contribution < 1.29 is 9.84 Å². The second kappa shape index (κ2) is 5.13. The maximum absolute atomic E-state index is 9.88. The van der Waals surface area contributed by atoms with E-state index in [1.165, 1.54) is 11.1 Å². The Labute approximate surface area is 85.5 Å². The van der Waals surface area contributed by atoms with Crippen LogP contribution in [0.4, 0.5) is 0 Å². The van der Waals surface area contributed by atoms with Crippen molar-refractivity contribution in [3.05, 3.63) is 34.9 Å². The number of aliphatic hydroxyl groups excluding tert-OH is 1. The molecule has 0 spiro atoms. The van der Waals surface area contributed by atoms with Gasteiger partial charge in [-0.25, -0.2) is 0 Å². The number of hydrogen-bond acceptors (Lipinski definition) is 2. The van der Waals surface area contributed by atoms with Crippen LogP contribution < -0.4 is 0 Å². The standard InChI is InChI=1S/C12H18O2/c1-9-5-4-6-11(10(9)2)12(13)7-8-14-3/h4-6,12-13H,7-8H2,1-3H3. The van der Waals surface area contributed by atoms with Crippen LogP contribution in [0.15, 0.2) is 18.2 Å². The molecule has 0 saturated heterocycles. The molecule has 2 heteroatoms. The number of methoxy groups -OCH3 is 1. The lowest BCUT2D eigenvalue weighted by Gasteiger charge is -2.14. The Bertz CT molecular complexity index is 294. The van der Waals surface area contributed by atoms with Crippen LogP contribution in [0, 0.1) is 13.8 Å². The van der Waals surface area contributed by atoms with Gasteiger partial charge in [0, 0.05) is 20.1 Å². The second-order valence-electron chi connectivity index (χ2n) is 3.59. The lowest BCUT2D eigenvalue weighted by Crippen LogP contribution is -2.04. The van der Waals surface area contributed by atoms with Gasteiger partial charge in [-0.05, 0) is 30.5 Å². The highest BCUT2D eigenvalue weighted by Crippen LogP contribution is 2.22. The van der Waals surface area contributed by atoms with Gasteiger partial charge in [-0.2, -0.15) is 0 Å². The predicted molar refractivity (Wildman–Crippen MR) is 57.4 cm³/mol. The fourth-order valence-electron chi connectivity index (χ4n) is 1.52. The maximum atomic E-state index is 9.88. The van der Waals surface area contributed by atoms with E-state index in [4.69, 9.17) is 4.74 Å². The molecule has 0 fully saturated rings. The highest BCUT2D eigenvalue weighted by Gasteiger charge is 2.10. The van der Waals surface area contributed by atoms with E-state index in [1.54, 1.807) is 7.11 Å². The van der Waals surface area contributed by atoms with E-state index < -0.39 is 6.10 Å². The van der Waals surface area contributed by atoms with Gasteiger partial charge in [0.15, 0.2) is 0 Å². The molecule has 0 radical (unpaired) electrons. The first-order chi connectivity index (χ1) is 6.66. The van der Waals surface area contributed by atoms with Gasteiger partial charge in [-0.1, -0.05) is 18.2 Å². The van der Waals surface area contributed by atoms with Gasteiger partial charge in [-0.3, -0.25) is 0 Å². The smallest absolute Gasteiger partial charge is 0.0814 e. The average Bonchev–Trinajstić information content (AvgIpc) is 2.18. The topological polar surface area (TPSA) is 29.5 Å². The summed E-state index contributed by atoms with van der Waals surface area (Å²) in [6, 6.07) is 6.01. The van der Waals surface area contributed by atoms with Gasteiger partial charge < -0.3 is 9.84 Å². The molecule has 1 N–H and O–H groups in total. The van der Waals surface area contributed by atoms with Crippen molar-refractivity contribution >= 4 is 0 Å². The largest absolute Gasteiger partial charge is 0.388 e. The van der Waals surface area contributed by atoms with Crippen LogP contribution in [0.25, 0.3) is 0 Å². The summed E-state index contributed by atoms with van der Waals surface area (Å²) in [5, 5.41) is 9.88. The third-order valence-electron chi connectivity index (χ3n) is 2.60. The van der Waals surface area contributed by atoms with Crippen molar-refractivity contribution in [1.29, 1.82) is 0 Å². The van der Waals surface area contributed by atoms with Crippen molar-refractivity contribution in [2.24, 2.45) is 0 Å². The Morgan fingerprint density at radius 3 is 2.71 bits per heavy atom. The molecular weight excluding hydrogens is 176 g/mol. The highest BCUT2D eigenvalue weighted by atomic mass is 16.5. The van der Waals surface area contributed by atoms with E-state index in [1.807, 2.05) is 19.1 Å². The van der Waals surface area contributed by atoms with Crippen molar-refractivity contribution in [1.82, 2.24) is 0 Å². The Morgan fingerprint density at radius 2 is 2.07 bits per heavy atom. The molecule has 1 aromatic rings. The molecule has 0 heterocycles. The van der Waals surface area contributed by atoms with Crippen LogP contribution in [0.1, 0.15) is 29.2 Å². The van der Waals surface area contributed by atoms with Gasteiger partial charge >= 0.3 is 0 Å². The fourth-order valence-corrected chi connectivity index (χ4v) is 1.52. The summed E-state index contributed by atoms with van der Waals surface area (Å²) in [5.41, 5.74) is 3.41. The first-order valence-electron chi connectivity index (χ1n) is 4.90. The number of benzene rings is 1. The molecule has 0 bridgehead atoms. The van der Waals surface area contributed by atoms with Crippen LogP contribution in [0.2, 0.25) is 0 Å². The summed E-state index contributed by atoms with van der Waals surface area (Å²) < 4.78 is 4.94. The highest BCUT2D eigenvalue weighted by molar-refractivity contribution is 5.34. The average molecular weight is 194 g/mol. The van der Waals surface area contributed by atoms with Crippen molar-refractivity contribution in [3.63, 3.8) is 0 Å². The van der Waals surface area contributed by atoms with E-state index >= 15 is 0 Å². The number of aryl methyl sites for hydroxylation is 1. The van der Waals surface area contributed by atoms with E-state index in [0.717, 1.165) is 5.56 Å². The molecule has 0 amide bonds. The molecule has 0 saturated carbocycles. The molecule has 1 unspecified atom stereocenters. The first-order valence-corrected chi connectivity index (χ1v) is 4.90. The third-order valence-corrected chi connectivity index (χ3v) is 2.60. The molecule has 0 aromatic heterocycles. The molecule has 0 aliphatic carbocycles. The van der Waals surface area contributed by atoms with Crippen molar-refractivity contribution in [2.75, 3.05) is 13.7 Å². The van der Waals surface area contributed by atoms with Gasteiger partial charge in [0.2, 0.25) is 0 Å². The molecule has 1 rings (SSSR count). The molecule has 14 heavy (non-hydrogen) atoms. The van der Waals surface area contributed by atoms with Crippen molar-refractivity contribution in [2.45, 2.75) is 26.4 Å². The number of rotatable bonds is 4. The van der Waals surface area contributed by atoms with Crippen molar-refractivity contribution in [3.8, 4) is 0 Å². The molecule has 1 aromatic carbocycles. The Kier molecular flexibility index (Phi) is 4.11. The molecule has 1 atom stereocenters. The molecule has 0 aliphatic rings. The summed E-state index contributed by atoms with van der Waals surface area (Å²) >= 11 is 0. The zero-order chi connectivity index (χ0) is 10.6. The fraction of sp³-hybridized carbons (Fsp3) is 0.500. The zero-order valence-corrected chi connectivity index (χ0v) is 9.08. The Hall–Kier alpha value is -0.860. The summed E-state index contributed by atoms with van der Waals surface area (Å²) in [7, 11) is 1.65. The molecule has 2 nitrogen and oxygen atoms in total. The maximum Gasteiger partial charge on any atom is 0.0814 e. The number of ether oxygens (including phenoxy) is 1. The third kappa shape index (κ3) is 2.56. The quantitative estimate of drug-likeness (QED) is 0.797. The summed E-state index contributed by atoms with van der Waals surface area (Å²) in [4.78, 5) is 0. The van der Waals surface area contributed by atoms with E-state index in [0.29, 0.717) is 13.0 Å². The summed E-state index contributed by atoms with van der Waals surface area (Å²) in [6.45, 7) is 4.69. The van der Waals surface area contributed by atoms with Crippen LogP contribution >= 0.6 is 0 Å². The predicted octanol–water partition coefficient (Wildman–Crippen LogP) is 2.37. The minimum atomic E-state index is -0.408. The van der Waals surface area contributed by atoms with Gasteiger partial charge in [0.05, 0.1) is 6.10 Å². The Balaban J connectivity index is 2.79. The van der Waals surface area contributed by atoms with Crippen LogP contribution in [-0.4, -0.2) is 18.8 Å². The molecular formula is C12H18O2. The molecule has 0 aliphatic heterocycles. The lowest BCUT2D eigenvalue weighted by molar-refractivity contribution is 0.110. The van der Waals surface area contributed by atoms with Crippen LogP contribution in [-0.2, 0) is 4.74 Å². The Morgan fingerprint density at radius 1 is 1.36 bits per heavy atom. The number of hydrogen-bond donors (Lipinski definition) is 1. The second-order valence-corrected chi connectivity index (χ2v) is 3.59. The van der Waals surface area contributed by atoms with E-state index in [2.05, 4.69) is 13.0 Å². The minimum absolute atomic E-state index is 0.408. The van der Waals surface area contributed by atoms with Gasteiger partial charge in [-0.15, -0.1) is 0 Å². The zero-order valence-electron chi connectivity index (χ0n) is 9.08. The van der Waals surface area contributed by atoms with Gasteiger partial charge in [0.1, 0.15) is 0 Å². The number of aliphatic hydroxyl groups is 1. The lowest BCUT2D eigenvalue weighted by atomic mass is 9.98. The van der Waals surface area contributed by atoms with Crippen LogP contribution in [0.5, 0.6) is 0 Å². The van der Waals surface area contributed by atoms with Gasteiger partial charge in [0.25, 0.3) is 0 Å². The van der Waals surface area contributed by atoms with Crippen LogP contribution in [0.3, 0.4) is 0 Å². The summed E-state index contributed by atoms with van der Waals surface area (Å²) in [5.74, 6) is 0. The van der Waals surface area contributed by atoms with E-state index in [-0.39, 0.29) is 0 Å². The normalized spacial score (nSPS) is 12.9.